The zero-order valence-electron chi connectivity index (χ0n) is 29.4. The Kier molecular flexibility index (Phi) is 13.8. The number of benzene rings is 2. The van der Waals surface area contributed by atoms with Crippen molar-refractivity contribution in [3.63, 3.8) is 0 Å². The molecule has 0 bridgehead atoms. The molecule has 11 nitrogen and oxygen atoms in total. The van der Waals surface area contributed by atoms with Gasteiger partial charge < -0.3 is 24.8 Å². The predicted molar refractivity (Wildman–Crippen MR) is 181 cm³/mol. The van der Waals surface area contributed by atoms with Crippen LogP contribution in [0, 0.1) is 12.8 Å². The van der Waals surface area contributed by atoms with Crippen LogP contribution < -0.4 is 10.6 Å². The smallest absolute Gasteiger partial charge is 0.408 e. The lowest BCUT2D eigenvalue weighted by Crippen LogP contribution is -2.48. The molecule has 2 atom stereocenters. The first-order valence-electron chi connectivity index (χ1n) is 15.8. The fourth-order valence-electron chi connectivity index (χ4n) is 4.26. The lowest BCUT2D eigenvalue weighted by atomic mass is 9.92. The first kappa shape index (κ1) is 39.5. The molecule has 0 aliphatic heterocycles. The average molecular weight is 677 g/mol. The zero-order chi connectivity index (χ0) is 35.6. The van der Waals surface area contributed by atoms with Gasteiger partial charge in [-0.2, -0.15) is 8.42 Å². The molecule has 1 unspecified atom stereocenters. The summed E-state index contributed by atoms with van der Waals surface area (Å²) in [6, 6.07) is 12.7. The third kappa shape index (κ3) is 15.7. The Morgan fingerprint density at radius 2 is 1.28 bits per heavy atom. The van der Waals surface area contributed by atoms with E-state index in [2.05, 4.69) is 10.6 Å². The Morgan fingerprint density at radius 1 is 0.745 bits per heavy atom. The number of hydrogen-bond acceptors (Lipinski definition) is 10. The molecule has 0 aromatic heterocycles. The number of carbonyl (C=O) groups excluding carboxylic acids is 3. The summed E-state index contributed by atoms with van der Waals surface area (Å²) >= 11 is 0. The van der Waals surface area contributed by atoms with Gasteiger partial charge in [0.25, 0.3) is 10.1 Å². The molecule has 1 amide bonds. The molecule has 0 saturated heterocycles. The molecule has 2 aromatic rings. The van der Waals surface area contributed by atoms with Gasteiger partial charge in [0.05, 0.1) is 17.4 Å². The maximum atomic E-state index is 13.4. The molecule has 2 aromatic carbocycles. The van der Waals surface area contributed by atoms with Crippen molar-refractivity contribution in [1.29, 1.82) is 0 Å². The fraction of sp³-hybridized carbons (Fsp3) is 0.571. The monoisotopic (exact) mass is 676 g/mol. The molecule has 12 heteroatoms. The molecule has 0 aliphatic rings. The Hall–Kier alpha value is -3.64. The number of rotatable bonds is 14. The van der Waals surface area contributed by atoms with Crippen LogP contribution in [0.15, 0.2) is 53.4 Å². The van der Waals surface area contributed by atoms with Crippen molar-refractivity contribution in [2.24, 2.45) is 5.92 Å². The van der Waals surface area contributed by atoms with Crippen molar-refractivity contribution in [3.05, 3.63) is 59.7 Å². The summed E-state index contributed by atoms with van der Waals surface area (Å²) in [6.07, 6.45) is -0.196. The Balaban J connectivity index is 2.10. The van der Waals surface area contributed by atoms with E-state index < -0.39 is 56.9 Å². The molecule has 2 N–H and O–H groups in total. The second-order valence-corrected chi connectivity index (χ2v) is 16.1. The van der Waals surface area contributed by atoms with Crippen molar-refractivity contribution in [3.8, 4) is 0 Å². The molecular formula is C35H52N2O9S. The van der Waals surface area contributed by atoms with Crippen molar-refractivity contribution in [2.75, 3.05) is 18.5 Å². The molecule has 0 aliphatic carbocycles. The van der Waals surface area contributed by atoms with Crippen LogP contribution in [0.1, 0.15) is 86.3 Å². The molecule has 2 rings (SSSR count). The number of amides is 1. The molecule has 0 radical (unpaired) electrons. The highest BCUT2D eigenvalue weighted by atomic mass is 32.2. The van der Waals surface area contributed by atoms with Gasteiger partial charge in [-0.05, 0) is 118 Å². The van der Waals surface area contributed by atoms with E-state index in [0.29, 0.717) is 13.0 Å². The topological polar surface area (TPSA) is 146 Å². The number of hydrogen-bond donors (Lipinski definition) is 2. The highest BCUT2D eigenvalue weighted by Gasteiger charge is 2.35. The fourth-order valence-corrected chi connectivity index (χ4v) is 5.20. The number of ether oxygens (including phenoxy) is 3. The van der Waals surface area contributed by atoms with Gasteiger partial charge in [0.2, 0.25) is 0 Å². The number of esters is 2. The number of anilines is 1. The molecule has 0 fully saturated rings. The van der Waals surface area contributed by atoms with E-state index in [1.165, 1.54) is 12.1 Å². The van der Waals surface area contributed by atoms with Crippen LogP contribution in [0.4, 0.5) is 10.5 Å². The normalized spacial score (nSPS) is 13.7. The quantitative estimate of drug-likeness (QED) is 0.101. The van der Waals surface area contributed by atoms with Crippen LogP contribution in [0.5, 0.6) is 0 Å². The molecule has 0 spiro atoms. The van der Waals surface area contributed by atoms with Gasteiger partial charge >= 0.3 is 18.0 Å². The summed E-state index contributed by atoms with van der Waals surface area (Å²) in [7, 11) is -3.82. The Morgan fingerprint density at radius 3 is 1.81 bits per heavy atom. The number of alkyl carbamates (subject to hydrolysis) is 1. The third-order valence-corrected chi connectivity index (χ3v) is 7.60. The van der Waals surface area contributed by atoms with Gasteiger partial charge in [-0.15, -0.1) is 0 Å². The molecule has 0 heterocycles. The van der Waals surface area contributed by atoms with Gasteiger partial charge in [-0.1, -0.05) is 29.8 Å². The van der Waals surface area contributed by atoms with Crippen LogP contribution in [-0.4, -0.2) is 62.4 Å². The average Bonchev–Trinajstić information content (AvgIpc) is 2.90. The molecule has 262 valence electrons. The van der Waals surface area contributed by atoms with E-state index >= 15 is 0 Å². The van der Waals surface area contributed by atoms with Gasteiger partial charge in [-0.3, -0.25) is 8.98 Å². The van der Waals surface area contributed by atoms with E-state index in [-0.39, 0.29) is 24.3 Å². The summed E-state index contributed by atoms with van der Waals surface area (Å²) < 4.78 is 46.5. The molecule has 0 saturated carbocycles. The van der Waals surface area contributed by atoms with Crippen LogP contribution in [0.25, 0.3) is 0 Å². The summed E-state index contributed by atoms with van der Waals surface area (Å²) in [5, 5.41) is 5.82. The van der Waals surface area contributed by atoms with Gasteiger partial charge in [0.15, 0.2) is 0 Å². The number of nitrogens with one attached hydrogen (secondary N) is 2. The Bertz CT molecular complexity index is 1430. The van der Waals surface area contributed by atoms with E-state index in [1.54, 1.807) is 74.4 Å². The maximum absolute atomic E-state index is 13.4. The van der Waals surface area contributed by atoms with E-state index in [0.717, 1.165) is 16.8 Å². The lowest BCUT2D eigenvalue weighted by molar-refractivity contribution is -0.162. The SMILES string of the molecule is Cc1ccc(S(=O)(=O)OCCCNc2ccc(CC(C[C@H](NC(=O)OC(C)(C)C)C(=O)OC(C)(C)C)C(=O)OC(C)(C)C)cc2)cc1. The molecule has 47 heavy (non-hydrogen) atoms. The number of carbonyl (C=O) groups is 3. The van der Waals surface area contributed by atoms with Crippen LogP contribution in [0.3, 0.4) is 0 Å². The van der Waals surface area contributed by atoms with E-state index in [4.69, 9.17) is 18.4 Å². The summed E-state index contributed by atoms with van der Waals surface area (Å²) in [5.41, 5.74) is 0.166. The van der Waals surface area contributed by atoms with Crippen molar-refractivity contribution in [1.82, 2.24) is 5.32 Å². The van der Waals surface area contributed by atoms with Crippen molar-refractivity contribution >= 4 is 33.8 Å². The van der Waals surface area contributed by atoms with Crippen LogP contribution in [-0.2, 0) is 44.5 Å². The van der Waals surface area contributed by atoms with Gasteiger partial charge in [0.1, 0.15) is 22.8 Å². The number of aryl methyl sites for hydroxylation is 1. The zero-order valence-corrected chi connectivity index (χ0v) is 30.2. The highest BCUT2D eigenvalue weighted by Crippen LogP contribution is 2.23. The van der Waals surface area contributed by atoms with Gasteiger partial charge in [-0.25, -0.2) is 9.59 Å². The third-order valence-electron chi connectivity index (χ3n) is 6.28. The molecular weight excluding hydrogens is 624 g/mol. The van der Waals surface area contributed by atoms with Crippen molar-refractivity contribution < 1.29 is 41.2 Å². The standard InChI is InChI=1S/C35H52N2O9S/c1-24-12-18-28(19-13-24)47(41,42)43-21-11-20-36-27-16-14-25(15-17-27)22-26(30(38)44-33(2,3)4)23-29(31(39)45-34(5,6)7)37-32(40)46-35(8,9)10/h12-19,26,29,36H,11,20-23H2,1-10H3,(H,37,40)/t26?,29-/m0/s1. The first-order valence-corrected chi connectivity index (χ1v) is 17.2. The second-order valence-electron chi connectivity index (χ2n) is 14.5. The predicted octanol–water partition coefficient (Wildman–Crippen LogP) is 6.33. The minimum Gasteiger partial charge on any atom is -0.460 e. The minimum atomic E-state index is -3.82. The largest absolute Gasteiger partial charge is 0.460 e. The first-order chi connectivity index (χ1) is 21.5. The Labute approximate surface area is 280 Å². The highest BCUT2D eigenvalue weighted by molar-refractivity contribution is 7.86. The van der Waals surface area contributed by atoms with Crippen LogP contribution in [0.2, 0.25) is 0 Å². The second kappa shape index (κ2) is 16.5. The summed E-state index contributed by atoms with van der Waals surface area (Å²) in [5.74, 6) is -2.00. The van der Waals surface area contributed by atoms with Crippen molar-refractivity contribution in [2.45, 2.75) is 116 Å². The van der Waals surface area contributed by atoms with Gasteiger partial charge in [0, 0.05) is 12.2 Å². The summed E-state index contributed by atoms with van der Waals surface area (Å²) in [6.45, 7) is 17.9. The minimum absolute atomic E-state index is 0.0228. The maximum Gasteiger partial charge on any atom is 0.408 e. The van der Waals surface area contributed by atoms with Crippen LogP contribution >= 0.6 is 0 Å². The van der Waals surface area contributed by atoms with E-state index in [1.807, 2.05) is 31.2 Å². The lowest BCUT2D eigenvalue weighted by Gasteiger charge is -2.29. The van der Waals surface area contributed by atoms with E-state index in [9.17, 15) is 22.8 Å². The summed E-state index contributed by atoms with van der Waals surface area (Å²) in [4.78, 5) is 39.4.